The van der Waals surface area contributed by atoms with Crippen LogP contribution in [0.25, 0.3) is 5.65 Å². The van der Waals surface area contributed by atoms with Crippen molar-refractivity contribution in [2.24, 2.45) is 5.73 Å². The highest BCUT2D eigenvalue weighted by atomic mass is 19.1. The van der Waals surface area contributed by atoms with E-state index in [-0.39, 0.29) is 18.0 Å². The average molecular weight is 358 g/mol. The first-order valence-corrected chi connectivity index (χ1v) is 9.01. The number of anilines is 1. The third-order valence-electron chi connectivity index (χ3n) is 5.22. The normalized spacial score (nSPS) is 19.3. The Bertz CT molecular complexity index is 1070. The Kier molecular flexibility index (Phi) is 3.69. The summed E-state index contributed by atoms with van der Waals surface area (Å²) in [5, 5.41) is 0. The number of hydrogen-bond donors (Lipinski definition) is 1. The molecule has 2 N–H and O–H groups in total. The minimum atomic E-state index is -0.244. The minimum Gasteiger partial charge on any atom is -0.329 e. The molecule has 0 saturated heterocycles. The van der Waals surface area contributed by atoms with Crippen LogP contribution in [0.15, 0.2) is 79.1 Å². The molecule has 0 saturated carbocycles. The molecule has 4 aromatic rings. The predicted octanol–water partition coefficient (Wildman–Crippen LogP) is 3.91. The van der Waals surface area contributed by atoms with E-state index in [9.17, 15) is 4.39 Å². The van der Waals surface area contributed by atoms with Crippen LogP contribution in [0, 0.1) is 5.82 Å². The fourth-order valence-electron chi connectivity index (χ4n) is 3.98. The van der Waals surface area contributed by atoms with E-state index in [1.807, 2.05) is 59.3 Å². The molecule has 5 rings (SSSR count). The summed E-state index contributed by atoms with van der Waals surface area (Å²) in [7, 11) is 0. The molecule has 0 bridgehead atoms. The number of imidazole rings is 1. The lowest BCUT2D eigenvalue weighted by molar-refractivity contribution is 0.522. The van der Waals surface area contributed by atoms with Crippen LogP contribution in [-0.4, -0.2) is 15.6 Å². The molecule has 2 aromatic carbocycles. The van der Waals surface area contributed by atoms with E-state index in [0.717, 1.165) is 23.4 Å². The maximum absolute atomic E-state index is 13.5. The van der Waals surface area contributed by atoms with Gasteiger partial charge in [0.1, 0.15) is 17.3 Å². The Hall–Kier alpha value is -3.18. The van der Waals surface area contributed by atoms with Gasteiger partial charge in [0.25, 0.3) is 0 Å². The fraction of sp³-hybridized carbons (Fsp3) is 0.136. The van der Waals surface area contributed by atoms with Crippen molar-refractivity contribution in [3.8, 4) is 0 Å². The van der Waals surface area contributed by atoms with Gasteiger partial charge in [-0.1, -0.05) is 42.5 Å². The van der Waals surface area contributed by atoms with Crippen molar-refractivity contribution in [2.75, 3.05) is 4.90 Å². The standard InChI is InChI=1S/C22H19FN4/c23-17-10-8-15(9-11-17)22-18-6-2-1-5-16(18)13-19(24)27(22)21-14-26-12-4-3-7-20(26)25-21/h1-12,14,19,22H,13,24H2. The van der Waals surface area contributed by atoms with E-state index < -0.39 is 0 Å². The first-order chi connectivity index (χ1) is 13.2. The third kappa shape index (κ3) is 2.67. The Morgan fingerprint density at radius 3 is 2.56 bits per heavy atom. The number of hydrogen-bond acceptors (Lipinski definition) is 3. The highest BCUT2D eigenvalue weighted by molar-refractivity contribution is 5.57. The summed E-state index contributed by atoms with van der Waals surface area (Å²) >= 11 is 0. The van der Waals surface area contributed by atoms with E-state index >= 15 is 0 Å². The fourth-order valence-corrected chi connectivity index (χ4v) is 3.98. The van der Waals surface area contributed by atoms with Crippen molar-refractivity contribution < 1.29 is 4.39 Å². The molecule has 4 nitrogen and oxygen atoms in total. The monoisotopic (exact) mass is 358 g/mol. The van der Waals surface area contributed by atoms with Crippen LogP contribution in [0.5, 0.6) is 0 Å². The Labute approximate surface area is 156 Å². The van der Waals surface area contributed by atoms with Gasteiger partial charge in [-0.25, -0.2) is 9.37 Å². The summed E-state index contributed by atoms with van der Waals surface area (Å²) in [4.78, 5) is 6.93. The zero-order valence-electron chi connectivity index (χ0n) is 14.7. The number of nitrogens with two attached hydrogens (primary N) is 1. The summed E-state index contributed by atoms with van der Waals surface area (Å²) in [6, 6.07) is 20.8. The summed E-state index contributed by atoms with van der Waals surface area (Å²) in [6.45, 7) is 0. The lowest BCUT2D eigenvalue weighted by Crippen LogP contribution is -2.49. The van der Waals surface area contributed by atoms with Crippen LogP contribution in [0.1, 0.15) is 22.7 Å². The van der Waals surface area contributed by atoms with Gasteiger partial charge in [-0.05, 0) is 41.0 Å². The van der Waals surface area contributed by atoms with Crippen molar-refractivity contribution in [1.29, 1.82) is 0 Å². The molecule has 5 heteroatoms. The highest BCUT2D eigenvalue weighted by Crippen LogP contribution is 2.39. The molecule has 0 aliphatic carbocycles. The number of rotatable bonds is 2. The Balaban J connectivity index is 1.70. The van der Waals surface area contributed by atoms with Gasteiger partial charge < -0.3 is 15.0 Å². The Morgan fingerprint density at radius 2 is 1.74 bits per heavy atom. The maximum atomic E-state index is 13.5. The van der Waals surface area contributed by atoms with Crippen molar-refractivity contribution >= 4 is 11.5 Å². The van der Waals surface area contributed by atoms with Crippen molar-refractivity contribution in [3.05, 3.63) is 102 Å². The molecule has 3 heterocycles. The van der Waals surface area contributed by atoms with Crippen molar-refractivity contribution in [2.45, 2.75) is 18.6 Å². The molecule has 2 atom stereocenters. The summed E-state index contributed by atoms with van der Waals surface area (Å²) < 4.78 is 15.5. The minimum absolute atomic E-state index is 0.115. The number of aromatic nitrogens is 2. The average Bonchev–Trinajstić information content (AvgIpc) is 3.11. The zero-order chi connectivity index (χ0) is 18.4. The van der Waals surface area contributed by atoms with Crippen molar-refractivity contribution in [3.63, 3.8) is 0 Å². The second-order valence-corrected chi connectivity index (χ2v) is 6.90. The molecule has 2 unspecified atom stereocenters. The van der Waals surface area contributed by atoms with Crippen LogP contribution < -0.4 is 10.6 Å². The molecular formula is C22H19FN4. The van der Waals surface area contributed by atoms with Gasteiger partial charge in [-0.3, -0.25) is 0 Å². The van der Waals surface area contributed by atoms with E-state index in [2.05, 4.69) is 17.0 Å². The second-order valence-electron chi connectivity index (χ2n) is 6.90. The number of fused-ring (bicyclic) bond motifs is 2. The summed E-state index contributed by atoms with van der Waals surface area (Å²) in [6.07, 6.45) is 4.49. The lowest BCUT2D eigenvalue weighted by Gasteiger charge is -2.42. The van der Waals surface area contributed by atoms with Crippen LogP contribution in [0.2, 0.25) is 0 Å². The van der Waals surface area contributed by atoms with Crippen LogP contribution in [0.4, 0.5) is 10.2 Å². The molecular weight excluding hydrogens is 339 g/mol. The number of nitrogens with zero attached hydrogens (tertiary/aromatic N) is 3. The summed E-state index contributed by atoms with van der Waals surface area (Å²) in [5.74, 6) is 0.573. The molecule has 0 spiro atoms. The van der Waals surface area contributed by atoms with Crippen LogP contribution >= 0.6 is 0 Å². The predicted molar refractivity (Wildman–Crippen MR) is 104 cm³/mol. The van der Waals surface area contributed by atoms with E-state index in [1.165, 1.54) is 23.3 Å². The van der Waals surface area contributed by atoms with Crippen molar-refractivity contribution in [1.82, 2.24) is 9.38 Å². The first-order valence-electron chi connectivity index (χ1n) is 9.01. The first kappa shape index (κ1) is 16.0. The molecule has 2 aromatic heterocycles. The zero-order valence-corrected chi connectivity index (χ0v) is 14.7. The van der Waals surface area contributed by atoms with E-state index in [4.69, 9.17) is 10.7 Å². The molecule has 0 radical (unpaired) electrons. The SMILES string of the molecule is NC1Cc2ccccc2C(c2ccc(F)cc2)N1c1cn2ccccc2n1. The second kappa shape index (κ2) is 6.21. The van der Waals surface area contributed by atoms with Gasteiger partial charge >= 0.3 is 0 Å². The quantitative estimate of drug-likeness (QED) is 0.591. The largest absolute Gasteiger partial charge is 0.329 e. The van der Waals surface area contributed by atoms with Gasteiger partial charge in [0, 0.05) is 12.6 Å². The van der Waals surface area contributed by atoms with Gasteiger partial charge in [-0.2, -0.15) is 0 Å². The van der Waals surface area contributed by atoms with Gasteiger partial charge in [0.15, 0.2) is 0 Å². The molecule has 134 valence electrons. The lowest BCUT2D eigenvalue weighted by atomic mass is 9.87. The summed E-state index contributed by atoms with van der Waals surface area (Å²) in [5.41, 5.74) is 10.9. The molecule has 1 aliphatic heterocycles. The molecule has 0 amide bonds. The Morgan fingerprint density at radius 1 is 0.963 bits per heavy atom. The molecule has 27 heavy (non-hydrogen) atoms. The number of benzene rings is 2. The van der Waals surface area contributed by atoms with Gasteiger partial charge in [0.2, 0.25) is 0 Å². The van der Waals surface area contributed by atoms with Gasteiger partial charge in [-0.15, -0.1) is 0 Å². The van der Waals surface area contributed by atoms with Crippen LogP contribution in [0.3, 0.4) is 0 Å². The smallest absolute Gasteiger partial charge is 0.149 e. The number of pyridine rings is 1. The molecule has 0 fully saturated rings. The van der Waals surface area contributed by atoms with Gasteiger partial charge in [0.05, 0.1) is 18.4 Å². The number of halogens is 1. The van der Waals surface area contributed by atoms with Crippen LogP contribution in [-0.2, 0) is 6.42 Å². The third-order valence-corrected chi connectivity index (χ3v) is 5.22. The highest BCUT2D eigenvalue weighted by Gasteiger charge is 2.34. The topological polar surface area (TPSA) is 46.6 Å². The molecule has 1 aliphatic rings. The maximum Gasteiger partial charge on any atom is 0.149 e. The van der Waals surface area contributed by atoms with E-state index in [1.54, 1.807) is 0 Å². The van der Waals surface area contributed by atoms with E-state index in [0.29, 0.717) is 0 Å².